The number of anilines is 1. The van der Waals surface area contributed by atoms with Crippen LogP contribution in [-0.4, -0.2) is 29.9 Å². The Hall–Kier alpha value is -4.39. The number of hydrogen-bond donors (Lipinski definition) is 1. The van der Waals surface area contributed by atoms with E-state index >= 15 is 0 Å². The third-order valence-corrected chi connectivity index (χ3v) is 6.67. The maximum absolute atomic E-state index is 13.6. The summed E-state index contributed by atoms with van der Waals surface area (Å²) in [4.78, 5) is 39.9. The van der Waals surface area contributed by atoms with E-state index in [1.807, 2.05) is 52.8 Å². The van der Waals surface area contributed by atoms with E-state index < -0.39 is 23.7 Å². The van der Waals surface area contributed by atoms with Gasteiger partial charge in [0.25, 0.3) is 11.7 Å². The number of esters is 1. The van der Waals surface area contributed by atoms with Crippen LogP contribution in [0.1, 0.15) is 61.6 Å². The summed E-state index contributed by atoms with van der Waals surface area (Å²) >= 11 is 0. The summed E-state index contributed by atoms with van der Waals surface area (Å²) in [6.07, 6.45) is 0. The van der Waals surface area contributed by atoms with Crippen molar-refractivity contribution in [3.05, 3.63) is 94.1 Å². The smallest absolute Gasteiger partial charge is 0.308 e. The van der Waals surface area contributed by atoms with Crippen LogP contribution in [0.5, 0.6) is 11.5 Å². The number of benzene rings is 3. The summed E-state index contributed by atoms with van der Waals surface area (Å²) in [6.45, 7) is 11.2. The van der Waals surface area contributed by atoms with Gasteiger partial charge in [0.05, 0.1) is 18.7 Å². The number of carbonyl (C=O) groups excluding carboxylic acids is 3. The van der Waals surface area contributed by atoms with Gasteiger partial charge in [-0.25, -0.2) is 0 Å². The molecule has 3 aromatic rings. The molecule has 0 radical (unpaired) electrons. The van der Waals surface area contributed by atoms with Crippen molar-refractivity contribution in [3.63, 3.8) is 0 Å². The molecule has 0 bridgehead atoms. The van der Waals surface area contributed by atoms with Gasteiger partial charge in [-0.3, -0.25) is 19.3 Å². The number of hydrogen-bond acceptors (Lipinski definition) is 6. The maximum atomic E-state index is 13.6. The molecule has 1 amide bonds. The molecule has 7 heteroatoms. The molecule has 39 heavy (non-hydrogen) atoms. The molecule has 1 unspecified atom stereocenters. The largest absolute Gasteiger partial charge is 0.507 e. The molecule has 1 aliphatic rings. The second kappa shape index (κ2) is 10.4. The maximum Gasteiger partial charge on any atom is 0.308 e. The Morgan fingerprint density at radius 1 is 0.923 bits per heavy atom. The van der Waals surface area contributed by atoms with Crippen LogP contribution in [0.3, 0.4) is 0 Å². The molecular weight excluding hydrogens is 494 g/mol. The molecule has 1 saturated heterocycles. The lowest BCUT2D eigenvalue weighted by molar-refractivity contribution is -0.132. The number of amides is 1. The first-order valence-electron chi connectivity index (χ1n) is 12.7. The van der Waals surface area contributed by atoms with Crippen molar-refractivity contribution in [3.8, 4) is 11.5 Å². The topological polar surface area (TPSA) is 93.1 Å². The predicted octanol–water partition coefficient (Wildman–Crippen LogP) is 6.16. The first kappa shape index (κ1) is 27.6. The van der Waals surface area contributed by atoms with Crippen molar-refractivity contribution in [2.45, 2.75) is 53.0 Å². The van der Waals surface area contributed by atoms with E-state index in [2.05, 4.69) is 0 Å². The molecule has 202 valence electrons. The third kappa shape index (κ3) is 5.43. The number of rotatable bonds is 5. The highest BCUT2D eigenvalue weighted by atomic mass is 16.5. The minimum atomic E-state index is -0.905. The van der Waals surface area contributed by atoms with Crippen LogP contribution in [0.25, 0.3) is 5.76 Å². The zero-order valence-corrected chi connectivity index (χ0v) is 23.3. The minimum Gasteiger partial charge on any atom is -0.507 e. The molecule has 3 aromatic carbocycles. The number of methoxy groups -OCH3 is 1. The highest BCUT2D eigenvalue weighted by molar-refractivity contribution is 6.51. The molecular formula is C32H33NO6. The van der Waals surface area contributed by atoms with E-state index in [1.165, 1.54) is 11.8 Å². The van der Waals surface area contributed by atoms with Crippen LogP contribution in [0.2, 0.25) is 0 Å². The molecule has 0 spiro atoms. The fraction of sp³-hybridized carbons (Fsp3) is 0.281. The van der Waals surface area contributed by atoms with Gasteiger partial charge in [0.2, 0.25) is 0 Å². The summed E-state index contributed by atoms with van der Waals surface area (Å²) in [7, 11) is 1.58. The van der Waals surface area contributed by atoms with Gasteiger partial charge in [-0.05, 0) is 78.4 Å². The normalized spacial score (nSPS) is 16.9. The van der Waals surface area contributed by atoms with Crippen LogP contribution in [-0.2, 0) is 19.8 Å². The Morgan fingerprint density at radius 2 is 1.54 bits per heavy atom. The Balaban J connectivity index is 1.95. The fourth-order valence-corrected chi connectivity index (χ4v) is 4.98. The lowest BCUT2D eigenvalue weighted by atomic mass is 9.84. The molecule has 1 fully saturated rings. The van der Waals surface area contributed by atoms with Crippen molar-refractivity contribution >= 4 is 29.1 Å². The highest BCUT2D eigenvalue weighted by Gasteiger charge is 2.47. The minimum absolute atomic E-state index is 0.0237. The highest BCUT2D eigenvalue weighted by Crippen LogP contribution is 2.44. The van der Waals surface area contributed by atoms with Gasteiger partial charge in [-0.1, -0.05) is 39.0 Å². The first-order valence-corrected chi connectivity index (χ1v) is 12.7. The van der Waals surface area contributed by atoms with E-state index in [1.54, 1.807) is 49.6 Å². The molecule has 0 saturated carbocycles. The van der Waals surface area contributed by atoms with E-state index in [0.717, 1.165) is 16.7 Å². The Bertz CT molecular complexity index is 1470. The van der Waals surface area contributed by atoms with Gasteiger partial charge in [0.15, 0.2) is 0 Å². The van der Waals surface area contributed by atoms with Crippen molar-refractivity contribution in [1.29, 1.82) is 0 Å². The van der Waals surface area contributed by atoms with Gasteiger partial charge in [0.1, 0.15) is 17.3 Å². The average molecular weight is 528 g/mol. The van der Waals surface area contributed by atoms with Gasteiger partial charge in [0, 0.05) is 23.7 Å². The second-order valence-electron chi connectivity index (χ2n) is 10.8. The number of ether oxygens (including phenoxy) is 2. The second-order valence-corrected chi connectivity index (χ2v) is 10.8. The van der Waals surface area contributed by atoms with Crippen LogP contribution in [0.4, 0.5) is 5.69 Å². The summed E-state index contributed by atoms with van der Waals surface area (Å²) < 4.78 is 10.7. The van der Waals surface area contributed by atoms with Crippen molar-refractivity contribution in [2.75, 3.05) is 12.0 Å². The molecule has 4 rings (SSSR count). The van der Waals surface area contributed by atoms with E-state index in [0.29, 0.717) is 28.3 Å². The van der Waals surface area contributed by atoms with Gasteiger partial charge >= 0.3 is 5.97 Å². The van der Waals surface area contributed by atoms with E-state index in [9.17, 15) is 19.5 Å². The molecule has 0 aromatic heterocycles. The number of Topliss-reactive ketones (excluding diaryl/α,β-unsaturated/α-hetero) is 1. The zero-order valence-electron chi connectivity index (χ0n) is 23.3. The average Bonchev–Trinajstić information content (AvgIpc) is 3.12. The quantitative estimate of drug-likeness (QED) is 0.140. The summed E-state index contributed by atoms with van der Waals surface area (Å²) in [5.41, 5.74) is 3.91. The number of ketones is 1. The van der Waals surface area contributed by atoms with Gasteiger partial charge in [-0.15, -0.1) is 0 Å². The lowest BCUT2D eigenvalue weighted by Crippen LogP contribution is -2.29. The van der Waals surface area contributed by atoms with E-state index in [4.69, 9.17) is 9.47 Å². The Morgan fingerprint density at radius 3 is 2.08 bits per heavy atom. The van der Waals surface area contributed by atoms with Gasteiger partial charge in [-0.2, -0.15) is 0 Å². The van der Waals surface area contributed by atoms with Gasteiger partial charge < -0.3 is 14.6 Å². The zero-order chi connectivity index (χ0) is 28.6. The van der Waals surface area contributed by atoms with Crippen LogP contribution < -0.4 is 14.4 Å². The summed E-state index contributed by atoms with van der Waals surface area (Å²) in [6, 6.07) is 16.5. The first-order chi connectivity index (χ1) is 18.3. The van der Waals surface area contributed by atoms with Crippen LogP contribution in [0, 0.1) is 13.8 Å². The van der Waals surface area contributed by atoms with Crippen LogP contribution in [0.15, 0.2) is 66.2 Å². The monoisotopic (exact) mass is 527 g/mol. The molecule has 0 aliphatic carbocycles. The van der Waals surface area contributed by atoms with Crippen molar-refractivity contribution in [1.82, 2.24) is 0 Å². The third-order valence-electron chi connectivity index (χ3n) is 6.67. The molecule has 1 aliphatic heterocycles. The number of aliphatic hydroxyl groups excluding tert-OH is 1. The SMILES string of the molecule is COc1ccc(/C(O)=C2/C(=O)C(=O)N(c3cc(C)cc(C)c3)C2c2ccc(OC(C)=O)cc2)cc1C(C)(C)C. The molecule has 1 atom stereocenters. The lowest BCUT2D eigenvalue weighted by Gasteiger charge is -2.26. The Labute approximate surface area is 228 Å². The van der Waals surface area contributed by atoms with Crippen molar-refractivity contribution in [2.24, 2.45) is 0 Å². The van der Waals surface area contributed by atoms with Crippen molar-refractivity contribution < 1.29 is 29.0 Å². The molecule has 7 nitrogen and oxygen atoms in total. The standard InChI is InChI=1S/C32H33NO6/c1-18-14-19(2)16-23(15-18)33-28(21-8-11-24(12-9-21)39-20(3)34)27(30(36)31(33)37)29(35)22-10-13-26(38-7)25(17-22)32(4,5)6/h8-17,28,35H,1-7H3/b29-27-. The number of carbonyl (C=O) groups is 3. The number of nitrogens with zero attached hydrogens (tertiary/aromatic N) is 1. The molecule has 1 heterocycles. The van der Waals surface area contributed by atoms with E-state index in [-0.39, 0.29) is 16.7 Å². The van der Waals surface area contributed by atoms with Crippen LogP contribution >= 0.6 is 0 Å². The molecule has 1 N–H and O–H groups in total. The fourth-order valence-electron chi connectivity index (χ4n) is 4.98. The number of aliphatic hydroxyl groups is 1. The summed E-state index contributed by atoms with van der Waals surface area (Å²) in [5, 5.41) is 11.6. The Kier molecular flexibility index (Phi) is 7.37. The summed E-state index contributed by atoms with van der Waals surface area (Å²) in [5.74, 6) is -1.26. The number of aryl methyl sites for hydroxylation is 2. The predicted molar refractivity (Wildman–Crippen MR) is 150 cm³/mol.